The van der Waals surface area contributed by atoms with Crippen LogP contribution < -0.4 is 0 Å². The average molecular weight is 295 g/mol. The van der Waals surface area contributed by atoms with Crippen LogP contribution in [0.3, 0.4) is 0 Å². The molecule has 3 heterocycles. The largest absolute Gasteiger partial charge is 0.240 e. The number of para-hydroxylation sites is 1. The van der Waals surface area contributed by atoms with Crippen molar-refractivity contribution in [3.05, 3.63) is 53.9 Å². The highest BCUT2D eigenvalue weighted by atomic mass is 32.1. The Labute approximate surface area is 125 Å². The number of imidazole rings is 1. The van der Waals surface area contributed by atoms with Crippen LogP contribution in [0.25, 0.3) is 21.9 Å². The molecule has 0 N–H and O–H groups in total. The summed E-state index contributed by atoms with van der Waals surface area (Å²) in [6.07, 6.45) is 6.72. The van der Waals surface area contributed by atoms with E-state index in [2.05, 4.69) is 22.1 Å². The molecule has 104 valence electrons. The van der Waals surface area contributed by atoms with E-state index in [0.29, 0.717) is 0 Å². The molecule has 5 nitrogen and oxygen atoms in total. The topological polar surface area (TPSA) is 48.0 Å². The van der Waals surface area contributed by atoms with E-state index in [1.54, 1.807) is 11.3 Å². The fourth-order valence-corrected chi connectivity index (χ4v) is 3.02. The molecule has 3 aromatic heterocycles. The normalized spacial score (nSPS) is 11.3. The molecule has 0 aliphatic carbocycles. The van der Waals surface area contributed by atoms with Crippen LogP contribution >= 0.6 is 11.3 Å². The number of nitrogens with zero attached hydrogens (tertiary/aromatic N) is 5. The van der Waals surface area contributed by atoms with E-state index in [1.165, 1.54) is 0 Å². The zero-order valence-corrected chi connectivity index (χ0v) is 12.3. The van der Waals surface area contributed by atoms with Crippen LogP contribution in [-0.2, 0) is 6.42 Å². The number of benzene rings is 1. The van der Waals surface area contributed by atoms with E-state index in [0.717, 1.165) is 33.3 Å². The van der Waals surface area contributed by atoms with Crippen LogP contribution in [0.1, 0.15) is 11.9 Å². The summed E-state index contributed by atoms with van der Waals surface area (Å²) >= 11 is 1.63. The second-order valence-corrected chi connectivity index (χ2v) is 5.75. The highest BCUT2D eigenvalue weighted by Crippen LogP contribution is 2.22. The molecular formula is C15H13N5S. The molecular weight excluding hydrogens is 282 g/mol. The Morgan fingerprint density at radius 2 is 2.00 bits per heavy atom. The van der Waals surface area contributed by atoms with Gasteiger partial charge in [0.1, 0.15) is 5.01 Å². The zero-order chi connectivity index (χ0) is 14.2. The summed E-state index contributed by atoms with van der Waals surface area (Å²) in [4.78, 5) is 5.55. The lowest BCUT2D eigenvalue weighted by Gasteiger charge is -1.98. The van der Waals surface area contributed by atoms with Crippen LogP contribution in [0.2, 0.25) is 0 Å². The molecule has 0 radical (unpaired) electrons. The van der Waals surface area contributed by atoms with Crippen molar-refractivity contribution in [2.24, 2.45) is 0 Å². The van der Waals surface area contributed by atoms with Crippen molar-refractivity contribution in [3.63, 3.8) is 0 Å². The Morgan fingerprint density at radius 1 is 1.14 bits per heavy atom. The first-order valence-electron chi connectivity index (χ1n) is 6.79. The molecule has 0 saturated carbocycles. The van der Waals surface area contributed by atoms with Crippen LogP contribution in [0.5, 0.6) is 0 Å². The van der Waals surface area contributed by atoms with E-state index in [-0.39, 0.29) is 0 Å². The molecule has 6 heteroatoms. The molecule has 0 spiro atoms. The van der Waals surface area contributed by atoms with E-state index in [4.69, 9.17) is 0 Å². The van der Waals surface area contributed by atoms with Crippen molar-refractivity contribution in [3.8, 4) is 16.9 Å². The molecule has 0 aliphatic heterocycles. The number of hydrogen-bond donors (Lipinski definition) is 0. The summed E-state index contributed by atoms with van der Waals surface area (Å²) in [5.74, 6) is 0. The van der Waals surface area contributed by atoms with Gasteiger partial charge in [0.05, 0.1) is 23.8 Å². The summed E-state index contributed by atoms with van der Waals surface area (Å²) in [5, 5.41) is 9.99. The summed E-state index contributed by atoms with van der Waals surface area (Å²) < 4.78 is 3.70. The highest BCUT2D eigenvalue weighted by molar-refractivity contribution is 7.16. The first kappa shape index (κ1) is 12.3. The minimum absolute atomic E-state index is 0.901. The van der Waals surface area contributed by atoms with Gasteiger partial charge in [0.25, 0.3) is 0 Å². The fourth-order valence-electron chi connectivity index (χ4n) is 2.20. The van der Waals surface area contributed by atoms with Gasteiger partial charge in [0.2, 0.25) is 4.96 Å². The van der Waals surface area contributed by atoms with Crippen LogP contribution in [0.15, 0.2) is 48.9 Å². The lowest BCUT2D eigenvalue weighted by Crippen LogP contribution is -1.92. The molecule has 0 bridgehead atoms. The van der Waals surface area contributed by atoms with Gasteiger partial charge in [-0.15, -0.1) is 0 Å². The molecule has 0 amide bonds. The molecule has 0 unspecified atom stereocenters. The van der Waals surface area contributed by atoms with Gasteiger partial charge in [-0.25, -0.2) is 14.2 Å². The van der Waals surface area contributed by atoms with Crippen molar-refractivity contribution in [1.82, 2.24) is 24.4 Å². The lowest BCUT2D eigenvalue weighted by molar-refractivity contribution is 0.880. The Bertz CT molecular complexity index is 856. The average Bonchev–Trinajstić information content (AvgIpc) is 3.21. The number of hydrogen-bond acceptors (Lipinski definition) is 4. The molecule has 4 aromatic rings. The van der Waals surface area contributed by atoms with E-state index >= 15 is 0 Å². The van der Waals surface area contributed by atoms with E-state index in [1.807, 2.05) is 58.1 Å². The minimum Gasteiger partial charge on any atom is -0.240 e. The van der Waals surface area contributed by atoms with Crippen LogP contribution in [0, 0.1) is 0 Å². The maximum atomic E-state index is 4.62. The van der Waals surface area contributed by atoms with E-state index < -0.39 is 0 Å². The summed E-state index contributed by atoms with van der Waals surface area (Å²) in [5.41, 5.74) is 2.93. The summed E-state index contributed by atoms with van der Waals surface area (Å²) in [7, 11) is 0. The number of aryl methyl sites for hydroxylation is 1. The van der Waals surface area contributed by atoms with Gasteiger partial charge in [-0.1, -0.05) is 36.5 Å². The Morgan fingerprint density at radius 3 is 2.76 bits per heavy atom. The van der Waals surface area contributed by atoms with Gasteiger partial charge in [-0.3, -0.25) is 0 Å². The summed E-state index contributed by atoms with van der Waals surface area (Å²) in [6, 6.07) is 10.0. The van der Waals surface area contributed by atoms with Gasteiger partial charge in [-0.05, 0) is 18.6 Å². The highest BCUT2D eigenvalue weighted by Gasteiger charge is 2.10. The molecule has 0 aliphatic rings. The number of rotatable bonds is 3. The quantitative estimate of drug-likeness (QED) is 0.583. The third-order valence-electron chi connectivity index (χ3n) is 3.29. The van der Waals surface area contributed by atoms with Crippen molar-refractivity contribution in [2.75, 3.05) is 0 Å². The Kier molecular flexibility index (Phi) is 2.82. The van der Waals surface area contributed by atoms with Gasteiger partial charge in [-0.2, -0.15) is 10.2 Å². The maximum absolute atomic E-state index is 4.62. The predicted octanol–water partition coefficient (Wildman–Crippen LogP) is 3.21. The van der Waals surface area contributed by atoms with Gasteiger partial charge in [0, 0.05) is 11.8 Å². The molecule has 0 saturated heterocycles. The molecule has 0 atom stereocenters. The second-order valence-electron chi connectivity index (χ2n) is 4.71. The SMILES string of the molecule is CCc1nn2cc(-c3cnn(-c4ccccc4)c3)nc2s1. The molecule has 21 heavy (non-hydrogen) atoms. The van der Waals surface area contributed by atoms with Gasteiger partial charge < -0.3 is 0 Å². The zero-order valence-electron chi connectivity index (χ0n) is 11.5. The van der Waals surface area contributed by atoms with Crippen LogP contribution in [0.4, 0.5) is 0 Å². The molecule has 4 rings (SSSR count). The van der Waals surface area contributed by atoms with E-state index in [9.17, 15) is 0 Å². The van der Waals surface area contributed by atoms with Gasteiger partial charge >= 0.3 is 0 Å². The third kappa shape index (κ3) is 2.13. The monoisotopic (exact) mass is 295 g/mol. The first-order chi connectivity index (χ1) is 10.3. The minimum atomic E-state index is 0.901. The standard InChI is InChI=1S/C15H13N5S/c1-2-14-18-20-10-13(17-15(20)21-14)11-8-16-19(9-11)12-6-4-3-5-7-12/h3-10H,2H2,1H3. The number of aromatic nitrogens is 5. The van der Waals surface area contributed by atoms with Gasteiger partial charge in [0.15, 0.2) is 0 Å². The van der Waals surface area contributed by atoms with Crippen molar-refractivity contribution >= 4 is 16.3 Å². The maximum Gasteiger partial charge on any atom is 0.212 e. The molecule has 0 fully saturated rings. The first-order valence-corrected chi connectivity index (χ1v) is 7.60. The van der Waals surface area contributed by atoms with Crippen molar-refractivity contribution < 1.29 is 0 Å². The lowest BCUT2D eigenvalue weighted by atomic mass is 10.3. The molecule has 1 aromatic carbocycles. The van der Waals surface area contributed by atoms with Crippen molar-refractivity contribution in [2.45, 2.75) is 13.3 Å². The van der Waals surface area contributed by atoms with Crippen LogP contribution in [-0.4, -0.2) is 24.4 Å². The predicted molar refractivity (Wildman–Crippen MR) is 82.8 cm³/mol. The smallest absolute Gasteiger partial charge is 0.212 e. The second kappa shape index (κ2) is 4.82. The fraction of sp³-hybridized carbons (Fsp3) is 0.133. The van der Waals surface area contributed by atoms with Crippen molar-refractivity contribution in [1.29, 1.82) is 0 Å². The Balaban J connectivity index is 1.72. The summed E-state index contributed by atoms with van der Waals surface area (Å²) in [6.45, 7) is 2.10. The Hall–Kier alpha value is -2.47. The number of fused-ring (bicyclic) bond motifs is 1. The third-order valence-corrected chi connectivity index (χ3v) is 4.35.